The van der Waals surface area contributed by atoms with Gasteiger partial charge >= 0.3 is 0 Å². The molecule has 0 radical (unpaired) electrons. The molecular formula is C23H26F2N8O2. The summed E-state index contributed by atoms with van der Waals surface area (Å²) < 4.78 is 30.0. The summed E-state index contributed by atoms with van der Waals surface area (Å²) in [6.07, 6.45) is 1.65. The molecule has 0 saturated carbocycles. The van der Waals surface area contributed by atoms with E-state index in [4.69, 9.17) is 0 Å². The van der Waals surface area contributed by atoms with E-state index >= 15 is 0 Å². The number of rotatable bonds is 7. The first-order valence-corrected chi connectivity index (χ1v) is 11.5. The van der Waals surface area contributed by atoms with Crippen LogP contribution in [-0.2, 0) is 24.3 Å². The number of halogens is 2. The van der Waals surface area contributed by atoms with Gasteiger partial charge in [0, 0.05) is 51.3 Å². The minimum Gasteiger partial charge on any atom is -0.337 e. The van der Waals surface area contributed by atoms with Crippen LogP contribution < -0.4 is 10.2 Å². The lowest BCUT2D eigenvalue weighted by atomic mass is 10.1. The predicted molar refractivity (Wildman–Crippen MR) is 122 cm³/mol. The number of carbonyl (C=O) groups excluding carboxylic acids is 2. The Morgan fingerprint density at radius 1 is 1.23 bits per heavy atom. The molecule has 4 heterocycles. The largest absolute Gasteiger partial charge is 0.337 e. The molecular weight excluding hydrogens is 458 g/mol. The standard InChI is InChI=1S/C23H26F2N8O2/c1-30-20-10-17(6-8-31-12-16(24)13-31)28-33(20)9-7-19(23(30)35)27-22(34)21-26-14-32(29-21)11-15-4-2-3-5-18(15)25/h2-5,10,14,16,19H,6-9,11-13H2,1H3,(H,27,34)/t19-/m0/s1. The summed E-state index contributed by atoms with van der Waals surface area (Å²) in [6, 6.07) is 7.41. The molecule has 5 rings (SSSR count). The van der Waals surface area contributed by atoms with E-state index in [-0.39, 0.29) is 24.1 Å². The van der Waals surface area contributed by atoms with E-state index in [1.807, 2.05) is 11.0 Å². The molecule has 12 heteroatoms. The predicted octanol–water partition coefficient (Wildman–Crippen LogP) is 1.02. The summed E-state index contributed by atoms with van der Waals surface area (Å²) in [4.78, 5) is 33.3. The molecule has 2 aliphatic heterocycles. The zero-order valence-electron chi connectivity index (χ0n) is 19.3. The summed E-state index contributed by atoms with van der Waals surface area (Å²) in [5.41, 5.74) is 1.27. The van der Waals surface area contributed by atoms with Gasteiger partial charge in [0.2, 0.25) is 5.82 Å². The Morgan fingerprint density at radius 2 is 2.03 bits per heavy atom. The Labute approximate surface area is 200 Å². The van der Waals surface area contributed by atoms with Gasteiger partial charge in [-0.2, -0.15) is 5.10 Å². The third kappa shape index (κ3) is 4.92. The van der Waals surface area contributed by atoms with E-state index in [0.717, 1.165) is 12.2 Å². The molecule has 0 bridgehead atoms. The average Bonchev–Trinajstić information content (AvgIpc) is 3.44. The number of aryl methyl sites for hydroxylation is 1. The van der Waals surface area contributed by atoms with Gasteiger partial charge in [-0.1, -0.05) is 18.2 Å². The number of likely N-dealkylation sites (tertiary alicyclic amines) is 1. The van der Waals surface area contributed by atoms with E-state index in [1.54, 1.807) is 29.9 Å². The number of nitrogens with zero attached hydrogens (tertiary/aromatic N) is 7. The maximum Gasteiger partial charge on any atom is 0.291 e. The smallest absolute Gasteiger partial charge is 0.291 e. The monoisotopic (exact) mass is 484 g/mol. The summed E-state index contributed by atoms with van der Waals surface area (Å²) in [7, 11) is 1.65. The van der Waals surface area contributed by atoms with Crippen molar-refractivity contribution in [2.24, 2.45) is 0 Å². The Kier molecular flexibility index (Phi) is 6.29. The van der Waals surface area contributed by atoms with Crippen LogP contribution in [0, 0.1) is 5.82 Å². The number of carbonyl (C=O) groups is 2. The van der Waals surface area contributed by atoms with Gasteiger partial charge in [-0.25, -0.2) is 23.1 Å². The fraction of sp³-hybridized carbons (Fsp3) is 0.435. The number of anilines is 1. The number of hydrogen-bond donors (Lipinski definition) is 1. The Bertz CT molecular complexity index is 1240. The van der Waals surface area contributed by atoms with Crippen molar-refractivity contribution in [3.63, 3.8) is 0 Å². The highest BCUT2D eigenvalue weighted by atomic mass is 19.1. The molecule has 0 unspecified atom stereocenters. The van der Waals surface area contributed by atoms with Gasteiger partial charge in [0.25, 0.3) is 11.8 Å². The SMILES string of the molecule is CN1C(=O)[C@@H](NC(=O)c2ncn(Cc3ccccc3F)n2)CCn2nc(CCN3CC(F)C3)cc21. The first-order valence-electron chi connectivity index (χ1n) is 11.5. The van der Waals surface area contributed by atoms with Crippen LogP contribution in [0.25, 0.3) is 0 Å². The number of nitrogens with one attached hydrogen (secondary N) is 1. The second kappa shape index (κ2) is 9.53. The lowest BCUT2D eigenvalue weighted by molar-refractivity contribution is -0.120. The normalized spacial score (nSPS) is 18.8. The molecule has 1 aromatic carbocycles. The number of likely N-dealkylation sites (N-methyl/N-ethyl adjacent to an activating group) is 1. The van der Waals surface area contributed by atoms with Crippen molar-refractivity contribution in [2.75, 3.05) is 31.6 Å². The Morgan fingerprint density at radius 3 is 2.80 bits per heavy atom. The van der Waals surface area contributed by atoms with Crippen LogP contribution in [0.3, 0.4) is 0 Å². The molecule has 35 heavy (non-hydrogen) atoms. The van der Waals surface area contributed by atoms with Crippen molar-refractivity contribution >= 4 is 17.6 Å². The molecule has 1 atom stereocenters. The number of amides is 2. The van der Waals surface area contributed by atoms with Crippen LogP contribution in [-0.4, -0.2) is 80.2 Å². The molecule has 1 fully saturated rings. The summed E-state index contributed by atoms with van der Waals surface area (Å²) in [5, 5.41) is 11.4. The fourth-order valence-electron chi connectivity index (χ4n) is 4.33. The molecule has 3 aromatic rings. The van der Waals surface area contributed by atoms with E-state index in [2.05, 4.69) is 20.5 Å². The van der Waals surface area contributed by atoms with Crippen LogP contribution in [0.1, 0.15) is 28.3 Å². The van der Waals surface area contributed by atoms with Crippen molar-refractivity contribution in [3.05, 3.63) is 59.6 Å². The highest BCUT2D eigenvalue weighted by molar-refractivity contribution is 6.00. The van der Waals surface area contributed by atoms with Crippen LogP contribution in [0.4, 0.5) is 14.6 Å². The third-order valence-corrected chi connectivity index (χ3v) is 6.34. The lowest BCUT2D eigenvalue weighted by Gasteiger charge is -2.33. The zero-order valence-corrected chi connectivity index (χ0v) is 19.3. The Balaban J connectivity index is 1.20. The van der Waals surface area contributed by atoms with E-state index in [1.165, 1.54) is 22.0 Å². The zero-order chi connectivity index (χ0) is 24.5. The molecule has 184 valence electrons. The number of fused-ring (bicyclic) bond motifs is 1. The maximum atomic E-state index is 13.9. The number of benzene rings is 1. The summed E-state index contributed by atoms with van der Waals surface area (Å²) in [5.74, 6) is -0.651. The molecule has 2 amide bonds. The highest BCUT2D eigenvalue weighted by Gasteiger charge is 2.32. The van der Waals surface area contributed by atoms with Crippen LogP contribution in [0.5, 0.6) is 0 Å². The number of aromatic nitrogens is 5. The average molecular weight is 485 g/mol. The van der Waals surface area contributed by atoms with Crippen LogP contribution >= 0.6 is 0 Å². The van der Waals surface area contributed by atoms with Gasteiger partial charge < -0.3 is 5.32 Å². The van der Waals surface area contributed by atoms with Crippen molar-refractivity contribution in [1.29, 1.82) is 0 Å². The van der Waals surface area contributed by atoms with Crippen molar-refractivity contribution < 1.29 is 18.4 Å². The lowest BCUT2D eigenvalue weighted by Crippen LogP contribution is -2.48. The molecule has 2 aliphatic rings. The van der Waals surface area contributed by atoms with Gasteiger partial charge in [0.1, 0.15) is 30.2 Å². The summed E-state index contributed by atoms with van der Waals surface area (Å²) in [6.45, 7) is 2.23. The van der Waals surface area contributed by atoms with Gasteiger partial charge in [-0.15, -0.1) is 5.10 Å². The quantitative estimate of drug-likeness (QED) is 0.538. The van der Waals surface area contributed by atoms with E-state index in [9.17, 15) is 18.4 Å². The van der Waals surface area contributed by atoms with E-state index in [0.29, 0.717) is 43.9 Å². The van der Waals surface area contributed by atoms with Gasteiger partial charge in [-0.05, 0) is 12.5 Å². The van der Waals surface area contributed by atoms with Crippen LogP contribution in [0.2, 0.25) is 0 Å². The minimum atomic E-state index is -0.765. The van der Waals surface area contributed by atoms with Crippen molar-refractivity contribution in [1.82, 2.24) is 34.8 Å². The molecule has 2 aromatic heterocycles. The van der Waals surface area contributed by atoms with Crippen LogP contribution in [0.15, 0.2) is 36.7 Å². The third-order valence-electron chi connectivity index (χ3n) is 6.34. The van der Waals surface area contributed by atoms with Gasteiger partial charge in [0.05, 0.1) is 12.2 Å². The molecule has 1 saturated heterocycles. The molecule has 1 N–H and O–H groups in total. The second-order valence-corrected chi connectivity index (χ2v) is 8.89. The van der Waals surface area contributed by atoms with Crippen molar-refractivity contribution in [3.8, 4) is 0 Å². The number of hydrogen-bond acceptors (Lipinski definition) is 6. The molecule has 0 spiro atoms. The molecule has 10 nitrogen and oxygen atoms in total. The highest BCUT2D eigenvalue weighted by Crippen LogP contribution is 2.22. The van der Waals surface area contributed by atoms with Gasteiger partial charge in [-0.3, -0.25) is 19.4 Å². The number of alkyl halides is 1. The Hall–Kier alpha value is -3.67. The fourth-order valence-corrected chi connectivity index (χ4v) is 4.33. The summed E-state index contributed by atoms with van der Waals surface area (Å²) >= 11 is 0. The maximum absolute atomic E-state index is 13.9. The molecule has 0 aliphatic carbocycles. The topological polar surface area (TPSA) is 101 Å². The first kappa shape index (κ1) is 23.1. The minimum absolute atomic E-state index is 0.0948. The first-order chi connectivity index (χ1) is 16.9. The van der Waals surface area contributed by atoms with Crippen molar-refractivity contribution in [2.45, 2.75) is 38.1 Å². The van der Waals surface area contributed by atoms with E-state index < -0.39 is 18.1 Å². The van der Waals surface area contributed by atoms with Gasteiger partial charge in [0.15, 0.2) is 0 Å². The second-order valence-electron chi connectivity index (χ2n) is 8.89.